The molecule has 1 N–H and O–H groups in total. The van der Waals surface area contributed by atoms with Crippen molar-refractivity contribution in [2.24, 2.45) is 0 Å². The maximum atomic E-state index is 12.6. The number of nitrogens with zero attached hydrogens (tertiary/aromatic N) is 1. The Labute approximate surface area is 115 Å². The van der Waals surface area contributed by atoms with E-state index in [2.05, 4.69) is 5.32 Å². The highest BCUT2D eigenvalue weighted by atomic mass is 19.4. The van der Waals surface area contributed by atoms with Crippen molar-refractivity contribution in [1.29, 1.82) is 0 Å². The van der Waals surface area contributed by atoms with Crippen molar-refractivity contribution in [3.63, 3.8) is 0 Å². The van der Waals surface area contributed by atoms with E-state index in [1.165, 1.54) is 6.07 Å². The fraction of sp³-hybridized carbons (Fsp3) is 0.500. The normalized spacial score (nSPS) is 20.0. The Balaban J connectivity index is 2.04. The van der Waals surface area contributed by atoms with Gasteiger partial charge in [-0.3, -0.25) is 4.79 Å². The number of hydrogen-bond acceptors (Lipinski definition) is 2. The minimum absolute atomic E-state index is 0.0106. The zero-order valence-electron chi connectivity index (χ0n) is 11.2. The molecule has 0 unspecified atom stereocenters. The summed E-state index contributed by atoms with van der Waals surface area (Å²) in [5.74, 6) is -0.127. The third-order valence-electron chi connectivity index (χ3n) is 3.33. The Bertz CT molecular complexity index is 488. The van der Waals surface area contributed by atoms with E-state index in [9.17, 15) is 18.0 Å². The van der Waals surface area contributed by atoms with E-state index in [0.29, 0.717) is 18.7 Å². The molecule has 1 aromatic rings. The molecule has 0 saturated carbocycles. The van der Waals surface area contributed by atoms with Gasteiger partial charge in [-0.25, -0.2) is 0 Å². The standard InChI is InChI=1S/C14H17F3N2O/c1-10-9-19(6-5-18-10)13(20)8-11-3-2-4-12(7-11)14(15,16)17/h2-4,7,10,18H,5-6,8-9H2,1H3/t10-/m1/s1. The van der Waals surface area contributed by atoms with Crippen LogP contribution in [0.25, 0.3) is 0 Å². The topological polar surface area (TPSA) is 32.3 Å². The molecule has 1 aromatic carbocycles. The first-order chi connectivity index (χ1) is 9.36. The van der Waals surface area contributed by atoms with Crippen LogP contribution in [0.5, 0.6) is 0 Å². The molecule has 0 aliphatic carbocycles. The van der Waals surface area contributed by atoms with Crippen LogP contribution in [0, 0.1) is 0 Å². The molecular formula is C14H17F3N2O. The molecule has 1 fully saturated rings. The van der Waals surface area contributed by atoms with E-state index < -0.39 is 11.7 Å². The highest BCUT2D eigenvalue weighted by Gasteiger charge is 2.30. The summed E-state index contributed by atoms with van der Waals surface area (Å²) in [6, 6.07) is 5.17. The summed E-state index contributed by atoms with van der Waals surface area (Å²) in [5, 5.41) is 3.22. The highest BCUT2D eigenvalue weighted by Crippen LogP contribution is 2.29. The van der Waals surface area contributed by atoms with Crippen molar-refractivity contribution in [1.82, 2.24) is 10.2 Å². The first-order valence-electron chi connectivity index (χ1n) is 6.53. The fourth-order valence-corrected chi connectivity index (χ4v) is 2.30. The van der Waals surface area contributed by atoms with Gasteiger partial charge >= 0.3 is 6.18 Å². The summed E-state index contributed by atoms with van der Waals surface area (Å²) in [6.45, 7) is 3.89. The lowest BCUT2D eigenvalue weighted by molar-refractivity contribution is -0.138. The monoisotopic (exact) mass is 286 g/mol. The van der Waals surface area contributed by atoms with Gasteiger partial charge < -0.3 is 10.2 Å². The fourth-order valence-electron chi connectivity index (χ4n) is 2.30. The predicted octanol–water partition coefficient (Wildman–Crippen LogP) is 2.07. The number of benzene rings is 1. The lowest BCUT2D eigenvalue weighted by atomic mass is 10.1. The van der Waals surface area contributed by atoms with Gasteiger partial charge in [0.25, 0.3) is 0 Å². The maximum absolute atomic E-state index is 12.6. The number of halogens is 3. The molecule has 6 heteroatoms. The van der Waals surface area contributed by atoms with E-state index in [-0.39, 0.29) is 18.4 Å². The van der Waals surface area contributed by atoms with E-state index in [0.717, 1.165) is 18.7 Å². The molecule has 110 valence electrons. The molecule has 1 saturated heterocycles. The number of carbonyl (C=O) groups is 1. The first-order valence-corrected chi connectivity index (χ1v) is 6.53. The maximum Gasteiger partial charge on any atom is 0.416 e. The summed E-state index contributed by atoms with van der Waals surface area (Å²) in [6.07, 6.45) is -4.36. The Morgan fingerprint density at radius 1 is 1.45 bits per heavy atom. The van der Waals surface area contributed by atoms with Crippen LogP contribution < -0.4 is 5.32 Å². The Hall–Kier alpha value is -1.56. The lowest BCUT2D eigenvalue weighted by Gasteiger charge is -2.32. The number of rotatable bonds is 2. The summed E-state index contributed by atoms with van der Waals surface area (Å²) in [4.78, 5) is 13.8. The second kappa shape index (κ2) is 5.83. The molecule has 0 aromatic heterocycles. The van der Waals surface area contributed by atoms with Crippen molar-refractivity contribution < 1.29 is 18.0 Å². The summed E-state index contributed by atoms with van der Waals surface area (Å²) in [5.41, 5.74) is -0.313. The largest absolute Gasteiger partial charge is 0.416 e. The van der Waals surface area contributed by atoms with Gasteiger partial charge in [-0.2, -0.15) is 13.2 Å². The molecule has 1 aliphatic heterocycles. The van der Waals surface area contributed by atoms with Gasteiger partial charge in [0.1, 0.15) is 0 Å². The van der Waals surface area contributed by atoms with Gasteiger partial charge in [0.2, 0.25) is 5.91 Å². The molecule has 3 nitrogen and oxygen atoms in total. The van der Waals surface area contributed by atoms with Crippen LogP contribution in [-0.2, 0) is 17.4 Å². The first kappa shape index (κ1) is 14.8. The third-order valence-corrected chi connectivity index (χ3v) is 3.33. The van der Waals surface area contributed by atoms with Crippen LogP contribution in [0.3, 0.4) is 0 Å². The lowest BCUT2D eigenvalue weighted by Crippen LogP contribution is -2.51. The van der Waals surface area contributed by atoms with Gasteiger partial charge in [0.15, 0.2) is 0 Å². The van der Waals surface area contributed by atoms with Crippen LogP contribution in [0.1, 0.15) is 18.1 Å². The SMILES string of the molecule is C[C@@H]1CN(C(=O)Cc2cccc(C(F)(F)F)c2)CCN1. The smallest absolute Gasteiger partial charge is 0.340 e. The minimum Gasteiger partial charge on any atom is -0.340 e. The van der Waals surface area contributed by atoms with Crippen molar-refractivity contribution >= 4 is 5.91 Å². The third kappa shape index (κ3) is 3.72. The van der Waals surface area contributed by atoms with Crippen LogP contribution in [-0.4, -0.2) is 36.5 Å². The zero-order valence-corrected chi connectivity index (χ0v) is 11.2. The molecule has 20 heavy (non-hydrogen) atoms. The number of carbonyl (C=O) groups excluding carboxylic acids is 1. The molecule has 1 heterocycles. The molecule has 1 amide bonds. The second-order valence-corrected chi connectivity index (χ2v) is 5.07. The molecule has 1 aliphatic rings. The van der Waals surface area contributed by atoms with Crippen LogP contribution in [0.4, 0.5) is 13.2 Å². The molecule has 0 radical (unpaired) electrons. The van der Waals surface area contributed by atoms with Gasteiger partial charge in [-0.15, -0.1) is 0 Å². The average molecular weight is 286 g/mol. The van der Waals surface area contributed by atoms with E-state index >= 15 is 0 Å². The van der Waals surface area contributed by atoms with Crippen LogP contribution in [0.15, 0.2) is 24.3 Å². The summed E-state index contributed by atoms with van der Waals surface area (Å²) in [7, 11) is 0. The number of alkyl halides is 3. The van der Waals surface area contributed by atoms with Crippen molar-refractivity contribution in [3.05, 3.63) is 35.4 Å². The van der Waals surface area contributed by atoms with Gasteiger partial charge in [-0.05, 0) is 18.6 Å². The minimum atomic E-state index is -4.37. The summed E-state index contributed by atoms with van der Waals surface area (Å²) >= 11 is 0. The van der Waals surface area contributed by atoms with Crippen molar-refractivity contribution in [2.45, 2.75) is 25.6 Å². The van der Waals surface area contributed by atoms with Crippen molar-refractivity contribution in [3.8, 4) is 0 Å². The molecule has 2 rings (SSSR count). The van der Waals surface area contributed by atoms with Gasteiger partial charge in [-0.1, -0.05) is 18.2 Å². The number of amides is 1. The van der Waals surface area contributed by atoms with E-state index in [4.69, 9.17) is 0 Å². The average Bonchev–Trinajstić information content (AvgIpc) is 2.38. The van der Waals surface area contributed by atoms with Crippen LogP contribution >= 0.6 is 0 Å². The second-order valence-electron chi connectivity index (χ2n) is 5.07. The zero-order chi connectivity index (χ0) is 14.8. The number of hydrogen-bond donors (Lipinski definition) is 1. The number of nitrogens with one attached hydrogen (secondary N) is 1. The highest BCUT2D eigenvalue weighted by molar-refractivity contribution is 5.79. The molecule has 0 bridgehead atoms. The predicted molar refractivity (Wildman–Crippen MR) is 69.2 cm³/mol. The summed E-state index contributed by atoms with van der Waals surface area (Å²) < 4.78 is 37.8. The Morgan fingerprint density at radius 3 is 2.85 bits per heavy atom. The molecular weight excluding hydrogens is 269 g/mol. The van der Waals surface area contributed by atoms with E-state index in [1.807, 2.05) is 6.92 Å². The van der Waals surface area contributed by atoms with Crippen LogP contribution in [0.2, 0.25) is 0 Å². The van der Waals surface area contributed by atoms with Gasteiger partial charge in [0.05, 0.1) is 12.0 Å². The number of piperazine rings is 1. The Morgan fingerprint density at radius 2 is 2.20 bits per heavy atom. The molecule has 1 atom stereocenters. The van der Waals surface area contributed by atoms with Crippen molar-refractivity contribution in [2.75, 3.05) is 19.6 Å². The van der Waals surface area contributed by atoms with Gasteiger partial charge in [0, 0.05) is 25.7 Å². The molecule has 0 spiro atoms. The van der Waals surface area contributed by atoms with E-state index in [1.54, 1.807) is 11.0 Å². The quantitative estimate of drug-likeness (QED) is 0.902. The Kier molecular flexibility index (Phi) is 4.32.